The molecule has 0 atom stereocenters. The number of halogens is 2. The van der Waals surface area contributed by atoms with E-state index in [1.54, 1.807) is 36.4 Å². The largest absolute Gasteiger partial charge is 0.355 e. The number of hydrogen-bond acceptors (Lipinski definition) is 6. The smallest absolute Gasteiger partial charge is 0.250 e. The molecule has 5 nitrogen and oxygen atoms in total. The van der Waals surface area contributed by atoms with Gasteiger partial charge in [0.05, 0.1) is 11.1 Å². The van der Waals surface area contributed by atoms with Gasteiger partial charge in [0, 0.05) is 32.4 Å². The maximum absolute atomic E-state index is 12.8. The van der Waals surface area contributed by atoms with Crippen LogP contribution in [0.4, 0.5) is 0 Å². The average molecular weight is 497 g/mol. The Hall–Kier alpha value is -1.81. The van der Waals surface area contributed by atoms with Gasteiger partial charge < -0.3 is 4.52 Å². The Kier molecular flexibility index (Phi) is 6.52. The minimum absolute atomic E-state index is 0.0630. The summed E-state index contributed by atoms with van der Waals surface area (Å²) in [6, 6.07) is 17.8. The predicted octanol–water partition coefficient (Wildman–Crippen LogP) is 6.34. The molecule has 154 valence electrons. The molecule has 0 spiro atoms. The van der Waals surface area contributed by atoms with Crippen molar-refractivity contribution in [3.8, 4) is 10.6 Å². The molecule has 2 aromatic carbocycles. The number of nitrogens with zero attached hydrogens (tertiary/aromatic N) is 1. The van der Waals surface area contributed by atoms with E-state index in [0.29, 0.717) is 26.2 Å². The highest BCUT2D eigenvalue weighted by Gasteiger charge is 2.20. The summed E-state index contributed by atoms with van der Waals surface area (Å²) in [5.41, 5.74) is 0.703. The first kappa shape index (κ1) is 21.4. The van der Waals surface area contributed by atoms with Gasteiger partial charge >= 0.3 is 0 Å². The average Bonchev–Trinajstić information content (AvgIpc) is 3.41. The second-order valence-corrected chi connectivity index (χ2v) is 11.1. The van der Waals surface area contributed by atoms with Gasteiger partial charge in [-0.05, 0) is 54.1 Å². The Balaban J connectivity index is 1.53. The van der Waals surface area contributed by atoms with Crippen molar-refractivity contribution in [2.45, 2.75) is 20.5 Å². The number of aromatic nitrogens is 1. The summed E-state index contributed by atoms with van der Waals surface area (Å²) >= 11 is 14.9. The molecular weight excluding hydrogens is 483 g/mol. The van der Waals surface area contributed by atoms with Gasteiger partial charge in [-0.2, -0.15) is 0 Å². The van der Waals surface area contributed by atoms with E-state index >= 15 is 0 Å². The maximum Gasteiger partial charge on any atom is 0.250 e. The highest BCUT2D eigenvalue weighted by molar-refractivity contribution is 7.99. The highest BCUT2D eigenvalue weighted by atomic mass is 35.5. The fourth-order valence-corrected chi connectivity index (χ4v) is 6.32. The minimum Gasteiger partial charge on any atom is -0.355 e. The van der Waals surface area contributed by atoms with E-state index < -0.39 is 10.0 Å². The molecule has 0 bridgehead atoms. The summed E-state index contributed by atoms with van der Waals surface area (Å²) in [5, 5.41) is 4.79. The summed E-state index contributed by atoms with van der Waals surface area (Å²) in [6.07, 6.45) is 1.51. The Bertz CT molecular complexity index is 1250. The van der Waals surface area contributed by atoms with Crippen LogP contribution in [0.25, 0.3) is 10.6 Å². The Morgan fingerprint density at radius 1 is 1.03 bits per heavy atom. The molecule has 30 heavy (non-hydrogen) atoms. The van der Waals surface area contributed by atoms with Crippen LogP contribution in [0, 0.1) is 0 Å². The van der Waals surface area contributed by atoms with Gasteiger partial charge in [-0.3, -0.25) is 0 Å². The Morgan fingerprint density at radius 2 is 1.83 bits per heavy atom. The quantitative estimate of drug-likeness (QED) is 0.323. The molecule has 0 fully saturated rings. The van der Waals surface area contributed by atoms with Crippen LogP contribution in [0.3, 0.4) is 0 Å². The molecule has 0 amide bonds. The molecule has 0 saturated carbocycles. The van der Waals surface area contributed by atoms with Crippen molar-refractivity contribution in [3.63, 3.8) is 0 Å². The second kappa shape index (κ2) is 9.13. The van der Waals surface area contributed by atoms with E-state index in [-0.39, 0.29) is 10.8 Å². The third kappa shape index (κ3) is 4.91. The minimum atomic E-state index is -3.72. The SMILES string of the molecule is O=S(=O)(NCc1c(Cl)cccc1Sc1ccc(Cl)cc1)c1ccc(-c2ccno2)s1. The van der Waals surface area contributed by atoms with Crippen LogP contribution in [0.15, 0.2) is 85.4 Å². The van der Waals surface area contributed by atoms with E-state index in [2.05, 4.69) is 9.88 Å². The van der Waals surface area contributed by atoms with Crippen molar-refractivity contribution >= 4 is 56.3 Å². The van der Waals surface area contributed by atoms with Crippen molar-refractivity contribution in [2.24, 2.45) is 0 Å². The first-order chi connectivity index (χ1) is 14.4. The first-order valence-corrected chi connectivity index (χ1v) is 12.5. The van der Waals surface area contributed by atoms with Crippen molar-refractivity contribution in [2.75, 3.05) is 0 Å². The van der Waals surface area contributed by atoms with Crippen LogP contribution >= 0.6 is 46.3 Å². The van der Waals surface area contributed by atoms with E-state index in [9.17, 15) is 8.42 Å². The zero-order valence-corrected chi connectivity index (χ0v) is 19.2. The number of nitrogens with one attached hydrogen (secondary N) is 1. The molecule has 0 aliphatic carbocycles. The molecule has 4 rings (SSSR count). The summed E-state index contributed by atoms with van der Waals surface area (Å²) in [6.45, 7) is 0.0630. The molecular formula is C20H14Cl2N2O3S3. The van der Waals surface area contributed by atoms with Crippen molar-refractivity contribution in [1.29, 1.82) is 0 Å². The summed E-state index contributed by atoms with van der Waals surface area (Å²) < 4.78 is 33.5. The van der Waals surface area contributed by atoms with Gasteiger partial charge in [-0.15, -0.1) is 11.3 Å². The van der Waals surface area contributed by atoms with Crippen LogP contribution in [0.1, 0.15) is 5.56 Å². The molecule has 4 aromatic rings. The molecule has 2 aromatic heterocycles. The lowest BCUT2D eigenvalue weighted by Gasteiger charge is -2.12. The molecule has 0 unspecified atom stereocenters. The standard InChI is InChI=1S/C20H14Cl2N2O3S3/c21-13-4-6-14(7-5-13)28-18-3-1-2-16(22)15(18)12-24-30(25,26)20-9-8-19(29-20)17-10-11-23-27-17/h1-11,24H,12H2. The summed E-state index contributed by atoms with van der Waals surface area (Å²) in [5.74, 6) is 0.522. The lowest BCUT2D eigenvalue weighted by atomic mass is 10.2. The number of rotatable bonds is 7. The van der Waals surface area contributed by atoms with Crippen molar-refractivity contribution in [1.82, 2.24) is 9.88 Å². The second-order valence-electron chi connectivity index (χ2n) is 6.09. The molecule has 0 saturated heterocycles. The Morgan fingerprint density at radius 3 is 2.57 bits per heavy atom. The number of sulfonamides is 1. The summed E-state index contributed by atoms with van der Waals surface area (Å²) in [7, 11) is -3.72. The van der Waals surface area contributed by atoms with Crippen LogP contribution in [0.2, 0.25) is 10.0 Å². The number of benzene rings is 2. The Labute approximate surface area is 192 Å². The predicted molar refractivity (Wildman–Crippen MR) is 121 cm³/mol. The third-order valence-corrected chi connectivity index (χ3v) is 8.79. The molecule has 1 N–H and O–H groups in total. The van der Waals surface area contributed by atoms with Crippen molar-refractivity contribution < 1.29 is 12.9 Å². The zero-order chi connectivity index (χ0) is 21.1. The lowest BCUT2D eigenvalue weighted by molar-refractivity contribution is 0.433. The molecule has 0 radical (unpaired) electrons. The van der Waals surface area contributed by atoms with Gasteiger partial charge in [0.15, 0.2) is 5.76 Å². The topological polar surface area (TPSA) is 72.2 Å². The van der Waals surface area contributed by atoms with E-state index in [4.69, 9.17) is 27.7 Å². The lowest BCUT2D eigenvalue weighted by Crippen LogP contribution is -2.22. The van der Waals surface area contributed by atoms with E-state index in [1.807, 2.05) is 24.3 Å². The monoisotopic (exact) mass is 496 g/mol. The van der Waals surface area contributed by atoms with Gasteiger partial charge in [0.1, 0.15) is 4.21 Å². The molecule has 2 heterocycles. The van der Waals surface area contributed by atoms with Crippen molar-refractivity contribution in [3.05, 3.63) is 82.5 Å². The third-order valence-electron chi connectivity index (χ3n) is 4.08. The van der Waals surface area contributed by atoms with Gasteiger partial charge in [-0.25, -0.2) is 13.1 Å². The van der Waals surface area contributed by atoms with Crippen LogP contribution in [0.5, 0.6) is 0 Å². The van der Waals surface area contributed by atoms with Crippen LogP contribution in [-0.2, 0) is 16.6 Å². The molecule has 10 heteroatoms. The first-order valence-electron chi connectivity index (χ1n) is 8.64. The van der Waals surface area contributed by atoms with Gasteiger partial charge in [0.25, 0.3) is 0 Å². The fourth-order valence-electron chi connectivity index (χ4n) is 2.61. The van der Waals surface area contributed by atoms with E-state index in [0.717, 1.165) is 21.1 Å². The van der Waals surface area contributed by atoms with Crippen LogP contribution < -0.4 is 4.72 Å². The molecule has 0 aliphatic rings. The maximum atomic E-state index is 12.8. The summed E-state index contributed by atoms with van der Waals surface area (Å²) in [4.78, 5) is 2.52. The number of thiophene rings is 1. The van der Waals surface area contributed by atoms with E-state index in [1.165, 1.54) is 18.0 Å². The number of hydrogen-bond donors (Lipinski definition) is 1. The fraction of sp³-hybridized carbons (Fsp3) is 0.0500. The highest BCUT2D eigenvalue weighted by Crippen LogP contribution is 2.35. The normalized spacial score (nSPS) is 11.7. The molecule has 0 aliphatic heterocycles. The van der Waals surface area contributed by atoms with Gasteiger partial charge in [-0.1, -0.05) is 46.2 Å². The van der Waals surface area contributed by atoms with Crippen LogP contribution in [-0.4, -0.2) is 13.6 Å². The van der Waals surface area contributed by atoms with Gasteiger partial charge in [0.2, 0.25) is 10.0 Å². The zero-order valence-electron chi connectivity index (χ0n) is 15.2.